The minimum atomic E-state index is 0.924. The molecule has 0 atom stereocenters. The molecule has 0 rings (SSSR count). The van der Waals surface area contributed by atoms with Crippen molar-refractivity contribution in [1.82, 2.24) is 0 Å². The third-order valence-electron chi connectivity index (χ3n) is 0.408. The predicted molar refractivity (Wildman–Crippen MR) is 25.4 cm³/mol. The summed E-state index contributed by atoms with van der Waals surface area (Å²) in [4.78, 5) is 0. The SMILES string of the molecule is CC(C)[CH2][Sn+3]. The number of hydrogen-bond acceptors (Lipinski definition) is 0. The molecule has 0 nitrogen and oxygen atoms in total. The molecule has 0 aromatic carbocycles. The van der Waals surface area contributed by atoms with Crippen LogP contribution in [0.5, 0.6) is 0 Å². The molecule has 0 radical (unpaired) electrons. The van der Waals surface area contributed by atoms with Crippen molar-refractivity contribution in [1.29, 1.82) is 0 Å². The van der Waals surface area contributed by atoms with Crippen LogP contribution < -0.4 is 0 Å². The van der Waals surface area contributed by atoms with Gasteiger partial charge in [-0.05, 0) is 0 Å². The molecule has 0 aliphatic rings. The van der Waals surface area contributed by atoms with Crippen LogP contribution in [0.1, 0.15) is 13.8 Å². The molecule has 1 heteroatoms. The topological polar surface area (TPSA) is 0 Å². The summed E-state index contributed by atoms with van der Waals surface area (Å²) in [5, 5.41) is 0. The summed E-state index contributed by atoms with van der Waals surface area (Å²) in [7, 11) is 0. The van der Waals surface area contributed by atoms with Gasteiger partial charge in [-0.1, -0.05) is 0 Å². The van der Waals surface area contributed by atoms with Gasteiger partial charge in [-0.3, -0.25) is 0 Å². The Morgan fingerprint density at radius 3 is 1.80 bits per heavy atom. The molecule has 0 aliphatic carbocycles. The van der Waals surface area contributed by atoms with E-state index in [0.717, 1.165) is 5.92 Å². The molecule has 0 bridgehead atoms. The van der Waals surface area contributed by atoms with E-state index in [-0.39, 0.29) is 0 Å². The Morgan fingerprint density at radius 1 is 1.60 bits per heavy atom. The minimum absolute atomic E-state index is 0.924. The fourth-order valence-corrected chi connectivity index (χ4v) is 0. The second-order valence-electron chi connectivity index (χ2n) is 1.60. The van der Waals surface area contributed by atoms with Crippen molar-refractivity contribution in [2.24, 2.45) is 5.92 Å². The van der Waals surface area contributed by atoms with Crippen LogP contribution in [0.25, 0.3) is 0 Å². The van der Waals surface area contributed by atoms with Gasteiger partial charge in [0.1, 0.15) is 0 Å². The van der Waals surface area contributed by atoms with Gasteiger partial charge in [0.15, 0.2) is 0 Å². The average molecular weight is 176 g/mol. The predicted octanol–water partition coefficient (Wildman–Crippen LogP) is 1.23. The summed E-state index contributed by atoms with van der Waals surface area (Å²) in [5.41, 5.74) is 0. The first-order chi connectivity index (χ1) is 2.27. The molecule has 0 spiro atoms. The number of rotatable bonds is 1. The molecule has 0 aliphatic heterocycles. The van der Waals surface area contributed by atoms with Crippen molar-refractivity contribution >= 4 is 22.5 Å². The maximum atomic E-state index is 2.24. The standard InChI is InChI=1S/C4H9.Sn/c1-4(2)3;/h4H,1H2,2-3H3;/q;+3. The molecule has 5 heavy (non-hydrogen) atoms. The maximum absolute atomic E-state index is 2.24. The molecule has 0 saturated carbocycles. The van der Waals surface area contributed by atoms with Gasteiger partial charge in [-0.2, -0.15) is 0 Å². The second-order valence-corrected chi connectivity index (χ2v) is 2.76. The van der Waals surface area contributed by atoms with Crippen LogP contribution in [0, 0.1) is 5.92 Å². The summed E-state index contributed by atoms with van der Waals surface area (Å²) >= 11 is 1.66. The molecule has 26 valence electrons. The first kappa shape index (κ1) is 5.80. The van der Waals surface area contributed by atoms with Crippen LogP contribution in [0.2, 0.25) is 4.44 Å². The normalized spacial score (nSPS) is 9.80. The Labute approximate surface area is 47.0 Å². The van der Waals surface area contributed by atoms with Gasteiger partial charge in [0.05, 0.1) is 0 Å². The van der Waals surface area contributed by atoms with Crippen molar-refractivity contribution in [2.75, 3.05) is 0 Å². The van der Waals surface area contributed by atoms with Crippen LogP contribution >= 0.6 is 0 Å². The summed E-state index contributed by atoms with van der Waals surface area (Å²) in [6.45, 7) is 4.49. The Balaban J connectivity index is 2.54. The Hall–Kier alpha value is 0.799. The zero-order valence-corrected chi connectivity index (χ0v) is 6.64. The van der Waals surface area contributed by atoms with E-state index in [2.05, 4.69) is 13.8 Å². The third kappa shape index (κ3) is 4.80. The molecule has 0 N–H and O–H groups in total. The van der Waals surface area contributed by atoms with Gasteiger partial charge < -0.3 is 0 Å². The molecule has 0 amide bonds. The monoisotopic (exact) mass is 177 g/mol. The molecular weight excluding hydrogens is 167 g/mol. The summed E-state index contributed by atoms with van der Waals surface area (Å²) in [6.07, 6.45) is 0. The van der Waals surface area contributed by atoms with Gasteiger partial charge in [0, 0.05) is 0 Å². The molecule has 0 aromatic heterocycles. The van der Waals surface area contributed by atoms with Crippen LogP contribution in [0.4, 0.5) is 0 Å². The van der Waals surface area contributed by atoms with Crippen LogP contribution in [0.15, 0.2) is 0 Å². The van der Waals surface area contributed by atoms with Crippen molar-refractivity contribution in [2.45, 2.75) is 18.3 Å². The third-order valence-corrected chi connectivity index (χ3v) is 2.74. The van der Waals surface area contributed by atoms with Gasteiger partial charge in [0.25, 0.3) is 0 Å². The quantitative estimate of drug-likeness (QED) is 0.527. The molecular formula is C4H9Sn+3. The van der Waals surface area contributed by atoms with Gasteiger partial charge in [0.2, 0.25) is 0 Å². The Morgan fingerprint density at radius 2 is 1.80 bits per heavy atom. The van der Waals surface area contributed by atoms with Crippen molar-refractivity contribution in [3.05, 3.63) is 0 Å². The van der Waals surface area contributed by atoms with E-state index in [9.17, 15) is 0 Å². The van der Waals surface area contributed by atoms with Gasteiger partial charge >= 0.3 is 46.7 Å². The average Bonchev–Trinajstić information content (AvgIpc) is 1.38. The summed E-state index contributed by atoms with van der Waals surface area (Å²) < 4.78 is 1.40. The van der Waals surface area contributed by atoms with Crippen LogP contribution in [0.3, 0.4) is 0 Å². The van der Waals surface area contributed by atoms with E-state index in [1.165, 1.54) is 4.44 Å². The number of hydrogen-bond donors (Lipinski definition) is 0. The van der Waals surface area contributed by atoms with E-state index in [1.807, 2.05) is 0 Å². The molecule has 0 aromatic rings. The van der Waals surface area contributed by atoms with E-state index in [1.54, 1.807) is 22.5 Å². The first-order valence-electron chi connectivity index (χ1n) is 1.92. The summed E-state index contributed by atoms with van der Waals surface area (Å²) in [5.74, 6) is 0.924. The molecule has 0 heterocycles. The fourth-order valence-electron chi connectivity index (χ4n) is 0. The molecule has 0 unspecified atom stereocenters. The van der Waals surface area contributed by atoms with Crippen molar-refractivity contribution in [3.63, 3.8) is 0 Å². The zero-order valence-electron chi connectivity index (χ0n) is 3.78. The zero-order chi connectivity index (χ0) is 4.28. The summed E-state index contributed by atoms with van der Waals surface area (Å²) in [6, 6.07) is 0. The van der Waals surface area contributed by atoms with Crippen molar-refractivity contribution < 1.29 is 0 Å². The van der Waals surface area contributed by atoms with E-state index in [4.69, 9.17) is 0 Å². The van der Waals surface area contributed by atoms with Crippen LogP contribution in [-0.4, -0.2) is 22.5 Å². The van der Waals surface area contributed by atoms with Gasteiger partial charge in [-0.15, -0.1) is 0 Å². The second kappa shape index (κ2) is 3.01. The van der Waals surface area contributed by atoms with Gasteiger partial charge in [-0.25, -0.2) is 0 Å². The molecule has 0 fully saturated rings. The Bertz CT molecular complexity index is 17.6. The first-order valence-corrected chi connectivity index (χ1v) is 3.93. The van der Waals surface area contributed by atoms with E-state index < -0.39 is 0 Å². The van der Waals surface area contributed by atoms with Crippen molar-refractivity contribution in [3.8, 4) is 0 Å². The van der Waals surface area contributed by atoms with E-state index in [0.29, 0.717) is 0 Å². The fraction of sp³-hybridized carbons (Fsp3) is 1.00. The Kier molecular flexibility index (Phi) is 3.49. The van der Waals surface area contributed by atoms with Crippen LogP contribution in [-0.2, 0) is 0 Å². The van der Waals surface area contributed by atoms with E-state index >= 15 is 0 Å². The molecule has 0 saturated heterocycles.